The molecular weight excluding hydrogens is 250 g/mol. The monoisotopic (exact) mass is 259 g/mol. The highest BCUT2D eigenvalue weighted by molar-refractivity contribution is 6.28. The van der Waals surface area contributed by atoms with E-state index in [1.165, 1.54) is 0 Å². The molecule has 3 aromatic rings. The van der Waals surface area contributed by atoms with Crippen molar-refractivity contribution in [3.05, 3.63) is 53.6 Å². The van der Waals surface area contributed by atoms with E-state index >= 15 is 0 Å². The molecule has 0 aliphatic carbocycles. The Morgan fingerprint density at radius 2 is 2.00 bits per heavy atom. The van der Waals surface area contributed by atoms with Crippen molar-refractivity contribution < 1.29 is 5.11 Å². The first kappa shape index (κ1) is 11.2. The Balaban J connectivity index is 2.35. The highest BCUT2D eigenvalue weighted by atomic mass is 35.5. The molecular formula is C13H10ClN3O. The molecule has 0 saturated carbocycles. The quantitative estimate of drug-likeness (QED) is 0.720. The molecule has 3 rings (SSSR count). The molecule has 0 spiro atoms. The number of aliphatic hydroxyl groups excluding tert-OH is 1. The van der Waals surface area contributed by atoms with Gasteiger partial charge in [-0.3, -0.25) is 4.57 Å². The summed E-state index contributed by atoms with van der Waals surface area (Å²) in [4.78, 5) is 8.18. The number of nitrogens with zero attached hydrogens (tertiary/aromatic N) is 3. The van der Waals surface area contributed by atoms with E-state index in [1.807, 2.05) is 41.0 Å². The summed E-state index contributed by atoms with van der Waals surface area (Å²) in [6.45, 7) is -0.0666. The van der Waals surface area contributed by atoms with E-state index in [0.29, 0.717) is 5.65 Å². The summed E-state index contributed by atoms with van der Waals surface area (Å²) >= 11 is 5.83. The maximum absolute atomic E-state index is 9.45. The Morgan fingerprint density at radius 3 is 2.72 bits per heavy atom. The zero-order chi connectivity index (χ0) is 12.5. The molecule has 0 aliphatic rings. The van der Waals surface area contributed by atoms with Crippen LogP contribution in [0.5, 0.6) is 0 Å². The fourth-order valence-corrected chi connectivity index (χ4v) is 2.13. The summed E-state index contributed by atoms with van der Waals surface area (Å²) in [7, 11) is 0. The van der Waals surface area contributed by atoms with Crippen LogP contribution in [-0.4, -0.2) is 19.6 Å². The van der Waals surface area contributed by atoms with Crippen LogP contribution in [0, 0.1) is 0 Å². The Labute approximate surface area is 108 Å². The summed E-state index contributed by atoms with van der Waals surface area (Å²) in [6, 6.07) is 11.6. The molecule has 1 N–H and O–H groups in total. The van der Waals surface area contributed by atoms with Crippen molar-refractivity contribution in [1.29, 1.82) is 0 Å². The van der Waals surface area contributed by atoms with Crippen LogP contribution in [0.3, 0.4) is 0 Å². The Morgan fingerprint density at radius 1 is 1.22 bits per heavy atom. The van der Waals surface area contributed by atoms with Crippen LogP contribution in [0.25, 0.3) is 16.7 Å². The van der Waals surface area contributed by atoms with Crippen molar-refractivity contribution in [2.75, 3.05) is 0 Å². The summed E-state index contributed by atoms with van der Waals surface area (Å²) < 4.78 is 1.88. The molecule has 1 aromatic carbocycles. The number of benzene rings is 1. The topological polar surface area (TPSA) is 50.9 Å². The average molecular weight is 260 g/mol. The Hall–Kier alpha value is -1.91. The van der Waals surface area contributed by atoms with Gasteiger partial charge in [0.05, 0.1) is 12.3 Å². The van der Waals surface area contributed by atoms with Crippen molar-refractivity contribution in [2.45, 2.75) is 6.61 Å². The third kappa shape index (κ3) is 1.75. The first-order valence-electron chi connectivity index (χ1n) is 5.49. The lowest BCUT2D eigenvalue weighted by Crippen LogP contribution is -2.00. The summed E-state index contributed by atoms with van der Waals surface area (Å²) in [5.74, 6) is 0. The van der Waals surface area contributed by atoms with Gasteiger partial charge in [0, 0.05) is 17.3 Å². The molecule has 18 heavy (non-hydrogen) atoms. The molecule has 0 saturated heterocycles. The van der Waals surface area contributed by atoms with Gasteiger partial charge in [0.15, 0.2) is 0 Å². The first-order chi connectivity index (χ1) is 8.79. The van der Waals surface area contributed by atoms with Crippen LogP contribution in [0.4, 0.5) is 0 Å². The van der Waals surface area contributed by atoms with Crippen LogP contribution >= 0.6 is 11.6 Å². The molecule has 2 aromatic heterocycles. The number of rotatable bonds is 2. The second-order valence-electron chi connectivity index (χ2n) is 3.88. The number of halogens is 1. The van der Waals surface area contributed by atoms with Crippen LogP contribution in [0.2, 0.25) is 5.28 Å². The van der Waals surface area contributed by atoms with Crippen molar-refractivity contribution in [2.24, 2.45) is 0 Å². The molecule has 0 radical (unpaired) electrons. The lowest BCUT2D eigenvalue weighted by atomic mass is 10.3. The third-order valence-electron chi connectivity index (χ3n) is 2.76. The Bertz CT molecular complexity index is 694. The molecule has 2 heterocycles. The Kier molecular flexibility index (Phi) is 2.74. The van der Waals surface area contributed by atoms with Crippen LogP contribution in [-0.2, 0) is 6.61 Å². The van der Waals surface area contributed by atoms with E-state index in [1.54, 1.807) is 6.20 Å². The number of para-hydroxylation sites is 1. The largest absolute Gasteiger partial charge is 0.390 e. The molecule has 0 unspecified atom stereocenters. The minimum Gasteiger partial charge on any atom is -0.390 e. The number of hydrogen-bond donors (Lipinski definition) is 1. The van der Waals surface area contributed by atoms with E-state index in [4.69, 9.17) is 11.6 Å². The number of aliphatic hydroxyl groups is 1. The van der Waals surface area contributed by atoms with Crippen LogP contribution in [0.15, 0.2) is 42.6 Å². The van der Waals surface area contributed by atoms with Gasteiger partial charge >= 0.3 is 0 Å². The maximum atomic E-state index is 9.45. The average Bonchev–Trinajstić information content (AvgIpc) is 2.77. The normalized spacial score (nSPS) is 11.0. The van der Waals surface area contributed by atoms with E-state index in [2.05, 4.69) is 9.97 Å². The van der Waals surface area contributed by atoms with Gasteiger partial charge in [0.1, 0.15) is 5.65 Å². The lowest BCUT2D eigenvalue weighted by molar-refractivity contribution is 0.275. The fourth-order valence-electron chi connectivity index (χ4n) is 2.00. The minimum atomic E-state index is -0.0666. The highest BCUT2D eigenvalue weighted by Crippen LogP contribution is 2.23. The van der Waals surface area contributed by atoms with Gasteiger partial charge < -0.3 is 5.11 Å². The standard InChI is InChI=1S/C13H10ClN3O/c14-13-15-7-9-6-11(8-18)17(12(9)16-13)10-4-2-1-3-5-10/h1-7,18H,8H2. The van der Waals surface area contributed by atoms with Gasteiger partial charge in [-0.1, -0.05) is 18.2 Å². The van der Waals surface area contributed by atoms with Crippen molar-refractivity contribution >= 4 is 22.6 Å². The molecule has 0 amide bonds. The lowest BCUT2D eigenvalue weighted by Gasteiger charge is -2.08. The third-order valence-corrected chi connectivity index (χ3v) is 2.95. The van der Waals surface area contributed by atoms with Gasteiger partial charge in [-0.15, -0.1) is 0 Å². The van der Waals surface area contributed by atoms with Gasteiger partial charge in [0.2, 0.25) is 5.28 Å². The predicted molar refractivity (Wildman–Crippen MR) is 69.8 cm³/mol. The molecule has 4 nitrogen and oxygen atoms in total. The summed E-state index contributed by atoms with van der Waals surface area (Å²) in [5.41, 5.74) is 2.39. The zero-order valence-corrected chi connectivity index (χ0v) is 10.2. The van der Waals surface area contributed by atoms with Crippen molar-refractivity contribution in [1.82, 2.24) is 14.5 Å². The number of fused-ring (bicyclic) bond motifs is 1. The molecule has 5 heteroatoms. The zero-order valence-electron chi connectivity index (χ0n) is 9.42. The van der Waals surface area contributed by atoms with Crippen molar-refractivity contribution in [3.8, 4) is 5.69 Å². The SMILES string of the molecule is OCc1cc2cnc(Cl)nc2n1-c1ccccc1. The highest BCUT2D eigenvalue weighted by Gasteiger charge is 2.11. The van der Waals surface area contributed by atoms with Crippen molar-refractivity contribution in [3.63, 3.8) is 0 Å². The first-order valence-corrected chi connectivity index (χ1v) is 5.86. The number of aromatic nitrogens is 3. The van der Waals surface area contributed by atoms with Gasteiger partial charge in [-0.25, -0.2) is 4.98 Å². The van der Waals surface area contributed by atoms with E-state index in [0.717, 1.165) is 16.8 Å². The molecule has 0 atom stereocenters. The second-order valence-corrected chi connectivity index (χ2v) is 4.22. The summed E-state index contributed by atoms with van der Waals surface area (Å²) in [6.07, 6.45) is 1.66. The van der Waals surface area contributed by atoms with Gasteiger partial charge in [0.25, 0.3) is 0 Å². The van der Waals surface area contributed by atoms with Gasteiger partial charge in [-0.2, -0.15) is 4.98 Å². The summed E-state index contributed by atoms with van der Waals surface area (Å²) in [5, 5.41) is 10.5. The van der Waals surface area contributed by atoms with Crippen LogP contribution in [0.1, 0.15) is 5.69 Å². The molecule has 0 aliphatic heterocycles. The smallest absolute Gasteiger partial charge is 0.224 e. The molecule has 90 valence electrons. The molecule has 0 fully saturated rings. The van der Waals surface area contributed by atoms with E-state index in [-0.39, 0.29) is 11.9 Å². The minimum absolute atomic E-state index is 0.0666. The van der Waals surface area contributed by atoms with Crippen LogP contribution < -0.4 is 0 Å². The second kappa shape index (κ2) is 4.40. The predicted octanol–water partition coefficient (Wildman–Crippen LogP) is 2.57. The van der Waals surface area contributed by atoms with Gasteiger partial charge in [-0.05, 0) is 29.8 Å². The van der Waals surface area contributed by atoms with E-state index < -0.39 is 0 Å². The fraction of sp³-hybridized carbons (Fsp3) is 0.0769. The van der Waals surface area contributed by atoms with E-state index in [9.17, 15) is 5.11 Å². The molecule has 0 bridgehead atoms. The maximum Gasteiger partial charge on any atom is 0.224 e. The number of hydrogen-bond acceptors (Lipinski definition) is 3.